The molecule has 3 heteroatoms. The molecule has 0 fully saturated rings. The molecule has 0 aliphatic carbocycles. The highest BCUT2D eigenvalue weighted by molar-refractivity contribution is 4.95. The molecule has 0 saturated heterocycles. The van der Waals surface area contributed by atoms with E-state index in [1.165, 1.54) is 0 Å². The Kier molecular flexibility index (Phi) is 11.5. The van der Waals surface area contributed by atoms with E-state index in [0.29, 0.717) is 13.2 Å². The second kappa shape index (κ2) is 11.9. The van der Waals surface area contributed by atoms with Gasteiger partial charge in [-0.05, 0) is 40.2 Å². The highest BCUT2D eigenvalue weighted by atomic mass is 16.7. The Labute approximate surface area is 106 Å². The summed E-state index contributed by atoms with van der Waals surface area (Å²) in [5.74, 6) is 6.02. The average molecular weight is 241 g/mol. The molecule has 0 aliphatic heterocycles. The van der Waals surface area contributed by atoms with Gasteiger partial charge in [0.05, 0.1) is 6.04 Å². The van der Waals surface area contributed by atoms with Crippen LogP contribution < -0.4 is 5.32 Å². The molecule has 0 heterocycles. The Morgan fingerprint density at radius 2 is 1.76 bits per heavy atom. The van der Waals surface area contributed by atoms with Gasteiger partial charge in [-0.3, -0.25) is 0 Å². The Bertz CT molecular complexity index is 214. The maximum Gasteiger partial charge on any atom is 0.172 e. The third kappa shape index (κ3) is 8.20. The summed E-state index contributed by atoms with van der Waals surface area (Å²) < 4.78 is 11.3. The smallest absolute Gasteiger partial charge is 0.172 e. The van der Waals surface area contributed by atoms with Crippen molar-refractivity contribution in [2.75, 3.05) is 19.8 Å². The zero-order chi connectivity index (χ0) is 12.9. The summed E-state index contributed by atoms with van der Waals surface area (Å²) >= 11 is 0. The van der Waals surface area contributed by atoms with Crippen LogP contribution in [0, 0.1) is 11.8 Å². The van der Waals surface area contributed by atoms with Gasteiger partial charge in [0, 0.05) is 19.6 Å². The second-order valence-corrected chi connectivity index (χ2v) is 3.81. The molecule has 0 saturated carbocycles. The van der Waals surface area contributed by atoms with Crippen molar-refractivity contribution in [1.29, 1.82) is 0 Å². The topological polar surface area (TPSA) is 30.5 Å². The van der Waals surface area contributed by atoms with E-state index in [1.807, 2.05) is 20.8 Å². The van der Waals surface area contributed by atoms with Crippen molar-refractivity contribution in [2.45, 2.75) is 59.3 Å². The predicted octanol–water partition coefficient (Wildman–Crippen LogP) is 2.56. The largest absolute Gasteiger partial charge is 0.351 e. The van der Waals surface area contributed by atoms with Crippen molar-refractivity contribution in [2.24, 2.45) is 0 Å². The van der Waals surface area contributed by atoms with E-state index in [2.05, 4.69) is 24.1 Å². The molecule has 100 valence electrons. The molecule has 0 aliphatic rings. The number of hydrogen-bond donors (Lipinski definition) is 1. The zero-order valence-corrected chi connectivity index (χ0v) is 11.7. The molecule has 17 heavy (non-hydrogen) atoms. The first-order chi connectivity index (χ1) is 8.29. The fourth-order valence-electron chi connectivity index (χ4n) is 1.63. The van der Waals surface area contributed by atoms with E-state index in [9.17, 15) is 0 Å². The maximum absolute atomic E-state index is 5.64. The van der Waals surface area contributed by atoms with Crippen LogP contribution in [-0.2, 0) is 9.47 Å². The monoisotopic (exact) mass is 241 g/mol. The van der Waals surface area contributed by atoms with Crippen LogP contribution >= 0.6 is 0 Å². The highest BCUT2D eigenvalue weighted by Gasteiger charge is 2.20. The minimum Gasteiger partial charge on any atom is -0.351 e. The maximum atomic E-state index is 5.64. The van der Waals surface area contributed by atoms with Gasteiger partial charge in [-0.25, -0.2) is 0 Å². The minimum atomic E-state index is -0.157. The van der Waals surface area contributed by atoms with Crippen molar-refractivity contribution in [3.63, 3.8) is 0 Å². The first-order valence-corrected chi connectivity index (χ1v) is 6.66. The van der Waals surface area contributed by atoms with Crippen molar-refractivity contribution in [3.05, 3.63) is 0 Å². The van der Waals surface area contributed by atoms with E-state index in [-0.39, 0.29) is 12.3 Å². The zero-order valence-electron chi connectivity index (χ0n) is 11.7. The summed E-state index contributed by atoms with van der Waals surface area (Å²) in [5.41, 5.74) is 0. The standard InChI is InChI=1S/C14H27NO2/c1-5-9-10-11-13(15-12-6-2)14(16-7-3)17-8-4/h13-15H,6-8,10-12H2,1-4H3. The molecule has 1 atom stereocenters. The summed E-state index contributed by atoms with van der Waals surface area (Å²) in [6, 6.07) is 0.232. The van der Waals surface area contributed by atoms with Crippen LogP contribution in [-0.4, -0.2) is 32.1 Å². The Balaban J connectivity index is 4.28. The van der Waals surface area contributed by atoms with Gasteiger partial charge in [-0.15, -0.1) is 11.8 Å². The van der Waals surface area contributed by atoms with Crippen LogP contribution in [0.3, 0.4) is 0 Å². The van der Waals surface area contributed by atoms with Crippen molar-refractivity contribution in [1.82, 2.24) is 5.32 Å². The lowest BCUT2D eigenvalue weighted by Gasteiger charge is -2.27. The van der Waals surface area contributed by atoms with E-state index >= 15 is 0 Å². The van der Waals surface area contributed by atoms with Crippen LogP contribution in [0.1, 0.15) is 47.0 Å². The lowest BCUT2D eigenvalue weighted by Crippen LogP contribution is -2.43. The van der Waals surface area contributed by atoms with Crippen LogP contribution in [0.25, 0.3) is 0 Å². The first kappa shape index (κ1) is 16.4. The number of rotatable bonds is 10. The Hall–Kier alpha value is -0.560. The van der Waals surface area contributed by atoms with E-state index < -0.39 is 0 Å². The molecule has 0 aromatic carbocycles. The van der Waals surface area contributed by atoms with Gasteiger partial charge in [0.15, 0.2) is 6.29 Å². The summed E-state index contributed by atoms with van der Waals surface area (Å²) in [4.78, 5) is 0. The van der Waals surface area contributed by atoms with Crippen molar-refractivity contribution >= 4 is 0 Å². The predicted molar refractivity (Wildman–Crippen MR) is 71.8 cm³/mol. The molecular weight excluding hydrogens is 214 g/mol. The van der Waals surface area contributed by atoms with Crippen molar-refractivity contribution in [3.8, 4) is 11.8 Å². The van der Waals surface area contributed by atoms with Gasteiger partial charge >= 0.3 is 0 Å². The average Bonchev–Trinajstić information content (AvgIpc) is 2.33. The molecule has 0 spiro atoms. The third-order valence-electron chi connectivity index (χ3n) is 2.40. The van der Waals surface area contributed by atoms with Crippen molar-refractivity contribution < 1.29 is 9.47 Å². The molecular formula is C14H27NO2. The quantitative estimate of drug-likeness (QED) is 0.471. The van der Waals surface area contributed by atoms with Gasteiger partial charge in [0.2, 0.25) is 0 Å². The van der Waals surface area contributed by atoms with Crippen LogP contribution in [0.5, 0.6) is 0 Å². The third-order valence-corrected chi connectivity index (χ3v) is 2.40. The molecule has 0 bridgehead atoms. The molecule has 0 rings (SSSR count). The van der Waals surface area contributed by atoms with Crippen LogP contribution in [0.2, 0.25) is 0 Å². The number of nitrogens with one attached hydrogen (secondary N) is 1. The normalized spacial score (nSPS) is 12.3. The Morgan fingerprint density at radius 3 is 2.24 bits per heavy atom. The highest BCUT2D eigenvalue weighted by Crippen LogP contribution is 2.08. The van der Waals surface area contributed by atoms with E-state index in [0.717, 1.165) is 25.8 Å². The fraction of sp³-hybridized carbons (Fsp3) is 0.857. The number of ether oxygens (including phenoxy) is 2. The van der Waals surface area contributed by atoms with Gasteiger partial charge in [-0.1, -0.05) is 6.92 Å². The van der Waals surface area contributed by atoms with Crippen LogP contribution in [0.4, 0.5) is 0 Å². The van der Waals surface area contributed by atoms with Gasteiger partial charge < -0.3 is 14.8 Å². The number of hydrogen-bond acceptors (Lipinski definition) is 3. The summed E-state index contributed by atoms with van der Waals surface area (Å²) in [7, 11) is 0. The van der Waals surface area contributed by atoms with Gasteiger partial charge in [0.25, 0.3) is 0 Å². The molecule has 0 radical (unpaired) electrons. The van der Waals surface area contributed by atoms with Gasteiger partial charge in [0.1, 0.15) is 0 Å². The van der Waals surface area contributed by atoms with E-state index in [1.54, 1.807) is 0 Å². The lowest BCUT2D eigenvalue weighted by molar-refractivity contribution is -0.154. The summed E-state index contributed by atoms with van der Waals surface area (Å²) in [6.07, 6.45) is 2.80. The fourth-order valence-corrected chi connectivity index (χ4v) is 1.63. The molecule has 0 aromatic heterocycles. The summed E-state index contributed by atoms with van der Waals surface area (Å²) in [5, 5.41) is 3.48. The second-order valence-electron chi connectivity index (χ2n) is 3.81. The van der Waals surface area contributed by atoms with Gasteiger partial charge in [-0.2, -0.15) is 0 Å². The molecule has 0 amide bonds. The first-order valence-electron chi connectivity index (χ1n) is 6.66. The summed E-state index contributed by atoms with van der Waals surface area (Å²) in [6.45, 7) is 10.4. The molecule has 1 N–H and O–H groups in total. The molecule has 1 unspecified atom stereocenters. The Morgan fingerprint density at radius 1 is 1.12 bits per heavy atom. The molecule has 0 aromatic rings. The van der Waals surface area contributed by atoms with E-state index in [4.69, 9.17) is 9.47 Å². The minimum absolute atomic E-state index is 0.157. The van der Waals surface area contributed by atoms with Crippen LogP contribution in [0.15, 0.2) is 0 Å². The SMILES string of the molecule is CC#CCCC(NCCC)C(OCC)OCC. The molecule has 3 nitrogen and oxygen atoms in total. The lowest BCUT2D eigenvalue weighted by atomic mass is 10.1.